The van der Waals surface area contributed by atoms with E-state index in [1.54, 1.807) is 6.07 Å². The Labute approximate surface area is 136 Å². The number of rotatable bonds is 4. The molecule has 0 unspecified atom stereocenters. The summed E-state index contributed by atoms with van der Waals surface area (Å²) in [5.74, 6) is 0. The molecule has 3 nitrogen and oxygen atoms in total. The lowest BCUT2D eigenvalue weighted by molar-refractivity contribution is 0.561. The summed E-state index contributed by atoms with van der Waals surface area (Å²) in [7, 11) is 0. The molecular weight excluding hydrogens is 286 g/mol. The van der Waals surface area contributed by atoms with Gasteiger partial charge in [-0.3, -0.25) is 0 Å². The maximum absolute atomic E-state index is 12.0. The third kappa shape index (κ3) is 3.00. The molecule has 1 aromatic heterocycles. The van der Waals surface area contributed by atoms with Crippen molar-refractivity contribution in [1.29, 1.82) is 0 Å². The molecule has 3 rings (SSSR count). The van der Waals surface area contributed by atoms with Crippen molar-refractivity contribution in [1.82, 2.24) is 0 Å². The molecule has 0 amide bonds. The summed E-state index contributed by atoms with van der Waals surface area (Å²) < 4.78 is 5.45. The van der Waals surface area contributed by atoms with E-state index >= 15 is 0 Å². The zero-order valence-electron chi connectivity index (χ0n) is 13.8. The van der Waals surface area contributed by atoms with Crippen molar-refractivity contribution in [2.75, 3.05) is 18.0 Å². The molecule has 0 saturated carbocycles. The summed E-state index contributed by atoms with van der Waals surface area (Å²) in [6.45, 7) is 8.13. The minimum atomic E-state index is -0.315. The van der Waals surface area contributed by atoms with Gasteiger partial charge in [0, 0.05) is 36.3 Å². The number of aryl methyl sites for hydroxylation is 1. The first-order valence-corrected chi connectivity index (χ1v) is 8.02. The maximum atomic E-state index is 12.0. The van der Waals surface area contributed by atoms with Gasteiger partial charge in [-0.05, 0) is 44.0 Å². The lowest BCUT2D eigenvalue weighted by atomic mass is 10.0. The van der Waals surface area contributed by atoms with Crippen LogP contribution >= 0.6 is 0 Å². The van der Waals surface area contributed by atoms with E-state index in [9.17, 15) is 4.79 Å². The Morgan fingerprint density at radius 3 is 2.30 bits per heavy atom. The third-order valence-corrected chi connectivity index (χ3v) is 4.22. The lowest BCUT2D eigenvalue weighted by Gasteiger charge is -2.21. The quantitative estimate of drug-likeness (QED) is 0.660. The van der Waals surface area contributed by atoms with E-state index < -0.39 is 0 Å². The van der Waals surface area contributed by atoms with Crippen molar-refractivity contribution < 1.29 is 4.42 Å². The number of nitrogens with zero attached hydrogens (tertiary/aromatic N) is 1. The highest BCUT2D eigenvalue weighted by Gasteiger charge is 2.10. The molecule has 0 atom stereocenters. The normalized spacial score (nSPS) is 10.9. The highest BCUT2D eigenvalue weighted by molar-refractivity contribution is 5.94. The van der Waals surface area contributed by atoms with E-state index in [-0.39, 0.29) is 5.63 Å². The molecular formula is C20H21NO2. The topological polar surface area (TPSA) is 33.5 Å². The molecule has 0 aliphatic rings. The molecule has 1 heterocycles. The number of hydrogen-bond acceptors (Lipinski definition) is 3. The van der Waals surface area contributed by atoms with Crippen molar-refractivity contribution in [3.8, 4) is 11.1 Å². The van der Waals surface area contributed by atoms with E-state index in [1.165, 1.54) is 5.56 Å². The minimum absolute atomic E-state index is 0.315. The second-order valence-corrected chi connectivity index (χ2v) is 5.70. The number of hydrogen-bond donors (Lipinski definition) is 0. The third-order valence-electron chi connectivity index (χ3n) is 4.22. The molecule has 0 aliphatic heterocycles. The van der Waals surface area contributed by atoms with Gasteiger partial charge in [-0.1, -0.05) is 29.8 Å². The fraction of sp³-hybridized carbons (Fsp3) is 0.250. The van der Waals surface area contributed by atoms with Crippen LogP contribution < -0.4 is 10.5 Å². The average Bonchev–Trinajstić information content (AvgIpc) is 2.55. The zero-order chi connectivity index (χ0) is 16.4. The van der Waals surface area contributed by atoms with Crippen LogP contribution in [-0.2, 0) is 0 Å². The smallest absolute Gasteiger partial charge is 0.336 e. The summed E-state index contributed by atoms with van der Waals surface area (Å²) in [5.41, 5.74) is 4.55. The van der Waals surface area contributed by atoms with Gasteiger partial charge in [0.25, 0.3) is 0 Å². The number of benzene rings is 2. The molecule has 118 valence electrons. The van der Waals surface area contributed by atoms with E-state index in [4.69, 9.17) is 4.42 Å². The van der Waals surface area contributed by atoms with E-state index in [0.29, 0.717) is 5.58 Å². The zero-order valence-corrected chi connectivity index (χ0v) is 13.8. The fourth-order valence-corrected chi connectivity index (χ4v) is 2.91. The molecule has 0 bridgehead atoms. The SMILES string of the molecule is CCN(CC)c1ccc2c(-c3ccc(C)cc3)cc(=O)oc2c1. The van der Waals surface area contributed by atoms with Crippen LogP contribution in [0.4, 0.5) is 5.69 Å². The molecule has 2 aromatic carbocycles. The summed E-state index contributed by atoms with van der Waals surface area (Å²) >= 11 is 0. The van der Waals surface area contributed by atoms with Crippen molar-refractivity contribution in [2.45, 2.75) is 20.8 Å². The summed E-state index contributed by atoms with van der Waals surface area (Å²) in [5, 5.41) is 0.962. The van der Waals surface area contributed by atoms with Crippen LogP contribution in [0.25, 0.3) is 22.1 Å². The first-order valence-electron chi connectivity index (χ1n) is 8.02. The molecule has 0 spiro atoms. The molecule has 23 heavy (non-hydrogen) atoms. The van der Waals surface area contributed by atoms with Crippen LogP contribution in [0, 0.1) is 6.92 Å². The second-order valence-electron chi connectivity index (χ2n) is 5.70. The van der Waals surface area contributed by atoms with Crippen LogP contribution in [0.1, 0.15) is 19.4 Å². The first-order chi connectivity index (χ1) is 11.1. The maximum Gasteiger partial charge on any atom is 0.336 e. The number of anilines is 1. The van der Waals surface area contributed by atoms with Crippen LogP contribution in [0.2, 0.25) is 0 Å². The van der Waals surface area contributed by atoms with Crippen LogP contribution in [0.15, 0.2) is 57.7 Å². The van der Waals surface area contributed by atoms with Crippen molar-refractivity contribution in [3.63, 3.8) is 0 Å². The average molecular weight is 307 g/mol. The summed E-state index contributed by atoms with van der Waals surface area (Å²) in [6, 6.07) is 15.9. The predicted octanol–water partition coefficient (Wildman–Crippen LogP) is 4.61. The highest BCUT2D eigenvalue weighted by atomic mass is 16.4. The standard InChI is InChI=1S/C20H21NO2/c1-4-21(5-2)16-10-11-17-18(13-20(22)23-19(17)12-16)15-8-6-14(3)7-9-15/h6-13H,4-5H2,1-3H3. The summed E-state index contributed by atoms with van der Waals surface area (Å²) in [4.78, 5) is 14.2. The molecule has 0 N–H and O–H groups in total. The van der Waals surface area contributed by atoms with E-state index in [1.807, 2.05) is 24.3 Å². The predicted molar refractivity (Wildman–Crippen MR) is 96.2 cm³/mol. The molecule has 0 radical (unpaired) electrons. The Morgan fingerprint density at radius 2 is 1.65 bits per heavy atom. The van der Waals surface area contributed by atoms with Gasteiger partial charge >= 0.3 is 5.63 Å². The Bertz CT molecular complexity index is 874. The Hall–Kier alpha value is -2.55. The van der Waals surface area contributed by atoms with Crippen molar-refractivity contribution >= 4 is 16.7 Å². The Morgan fingerprint density at radius 1 is 0.957 bits per heavy atom. The van der Waals surface area contributed by atoms with Crippen molar-refractivity contribution in [2.24, 2.45) is 0 Å². The molecule has 3 aromatic rings. The second kappa shape index (κ2) is 6.29. The van der Waals surface area contributed by atoms with Gasteiger partial charge in [-0.15, -0.1) is 0 Å². The Balaban J connectivity index is 2.20. The highest BCUT2D eigenvalue weighted by Crippen LogP contribution is 2.30. The van der Waals surface area contributed by atoms with Gasteiger partial charge in [0.15, 0.2) is 0 Å². The Kier molecular flexibility index (Phi) is 4.20. The van der Waals surface area contributed by atoms with Crippen LogP contribution in [0.3, 0.4) is 0 Å². The fourth-order valence-electron chi connectivity index (χ4n) is 2.91. The summed E-state index contributed by atoms with van der Waals surface area (Å²) in [6.07, 6.45) is 0. The molecule has 0 saturated heterocycles. The monoisotopic (exact) mass is 307 g/mol. The van der Waals surface area contributed by atoms with Gasteiger partial charge in [-0.25, -0.2) is 4.79 Å². The molecule has 0 aliphatic carbocycles. The number of fused-ring (bicyclic) bond motifs is 1. The van der Waals surface area contributed by atoms with Crippen molar-refractivity contribution in [3.05, 3.63) is 64.5 Å². The van der Waals surface area contributed by atoms with Gasteiger partial charge in [-0.2, -0.15) is 0 Å². The molecule has 3 heteroatoms. The minimum Gasteiger partial charge on any atom is -0.423 e. The first kappa shape index (κ1) is 15.3. The molecule has 0 fully saturated rings. The van der Waals surface area contributed by atoms with Crippen LogP contribution in [0.5, 0.6) is 0 Å². The van der Waals surface area contributed by atoms with Gasteiger partial charge in [0.05, 0.1) is 0 Å². The van der Waals surface area contributed by atoms with E-state index in [0.717, 1.165) is 35.3 Å². The van der Waals surface area contributed by atoms with Crippen LogP contribution in [-0.4, -0.2) is 13.1 Å². The van der Waals surface area contributed by atoms with Gasteiger partial charge < -0.3 is 9.32 Å². The van der Waals surface area contributed by atoms with E-state index in [2.05, 4.69) is 43.9 Å². The largest absolute Gasteiger partial charge is 0.423 e. The lowest BCUT2D eigenvalue weighted by Crippen LogP contribution is -2.21. The van der Waals surface area contributed by atoms with Gasteiger partial charge in [0.2, 0.25) is 0 Å². The van der Waals surface area contributed by atoms with Gasteiger partial charge in [0.1, 0.15) is 5.58 Å².